The lowest BCUT2D eigenvalue weighted by atomic mass is 10.0. The summed E-state index contributed by atoms with van der Waals surface area (Å²) in [5, 5.41) is 13.1. The molecule has 1 heterocycles. The van der Waals surface area contributed by atoms with Gasteiger partial charge in [0.2, 0.25) is 5.91 Å². The van der Waals surface area contributed by atoms with Gasteiger partial charge in [0.05, 0.1) is 0 Å². The number of aromatic nitrogens is 1. The summed E-state index contributed by atoms with van der Waals surface area (Å²) in [6.07, 6.45) is 4.97. The van der Waals surface area contributed by atoms with E-state index in [9.17, 15) is 14.7 Å². The van der Waals surface area contributed by atoms with Crippen LogP contribution in [0.3, 0.4) is 0 Å². The Morgan fingerprint density at radius 2 is 1.74 bits per heavy atom. The van der Waals surface area contributed by atoms with E-state index in [0.29, 0.717) is 6.42 Å². The van der Waals surface area contributed by atoms with Crippen molar-refractivity contribution in [1.82, 2.24) is 10.3 Å². The number of para-hydroxylation sites is 1. The number of aromatic amines is 1. The maximum Gasteiger partial charge on any atom is 0.326 e. The standard InChI is InChI=1S/C22H24N2O3/c25-21(13-7-4-10-16-8-2-1-3-9-16)24-20(22(26)27)14-17-15-23-19-12-6-5-11-18(17)19/h1-3,5-6,8-9,11-12,15,20,23H,4,7,10,13-14H2,(H,24,25)(H,26,27). The molecule has 0 saturated carbocycles. The van der Waals surface area contributed by atoms with E-state index in [4.69, 9.17) is 0 Å². The molecule has 1 aromatic heterocycles. The van der Waals surface area contributed by atoms with E-state index in [1.165, 1.54) is 5.56 Å². The summed E-state index contributed by atoms with van der Waals surface area (Å²) in [5.74, 6) is -1.23. The smallest absolute Gasteiger partial charge is 0.326 e. The van der Waals surface area contributed by atoms with E-state index < -0.39 is 12.0 Å². The second kappa shape index (κ2) is 9.03. The van der Waals surface area contributed by atoms with Gasteiger partial charge in [-0.15, -0.1) is 0 Å². The Balaban J connectivity index is 1.50. The Kier molecular flexibility index (Phi) is 6.26. The van der Waals surface area contributed by atoms with Crippen LogP contribution in [0.4, 0.5) is 0 Å². The van der Waals surface area contributed by atoms with E-state index in [-0.39, 0.29) is 12.3 Å². The fraction of sp³-hybridized carbons (Fsp3) is 0.273. The molecule has 0 radical (unpaired) electrons. The van der Waals surface area contributed by atoms with Gasteiger partial charge in [-0.25, -0.2) is 4.79 Å². The number of hydrogen-bond acceptors (Lipinski definition) is 2. The molecule has 0 aliphatic heterocycles. The Labute approximate surface area is 158 Å². The second-order valence-corrected chi connectivity index (χ2v) is 6.71. The number of benzene rings is 2. The molecule has 3 N–H and O–H groups in total. The number of carboxylic acid groups (broad SMARTS) is 1. The van der Waals surface area contributed by atoms with Crippen molar-refractivity contribution in [3.8, 4) is 0 Å². The molecule has 140 valence electrons. The quantitative estimate of drug-likeness (QED) is 0.506. The average molecular weight is 364 g/mol. The lowest BCUT2D eigenvalue weighted by Crippen LogP contribution is -2.42. The number of aliphatic carboxylic acids is 1. The number of H-pyrrole nitrogens is 1. The number of fused-ring (bicyclic) bond motifs is 1. The minimum Gasteiger partial charge on any atom is -0.480 e. The summed E-state index contributed by atoms with van der Waals surface area (Å²) in [4.78, 5) is 26.9. The van der Waals surface area contributed by atoms with Crippen molar-refractivity contribution >= 4 is 22.8 Å². The molecule has 3 aromatic rings. The van der Waals surface area contributed by atoms with Crippen molar-refractivity contribution in [2.24, 2.45) is 0 Å². The third-order valence-electron chi connectivity index (χ3n) is 4.69. The summed E-state index contributed by atoms with van der Waals surface area (Å²) < 4.78 is 0. The van der Waals surface area contributed by atoms with E-state index in [0.717, 1.165) is 35.7 Å². The number of rotatable bonds is 9. The first-order valence-corrected chi connectivity index (χ1v) is 9.24. The molecule has 2 aromatic carbocycles. The molecule has 3 rings (SSSR count). The molecule has 0 spiro atoms. The van der Waals surface area contributed by atoms with Gasteiger partial charge < -0.3 is 15.4 Å². The van der Waals surface area contributed by atoms with Crippen molar-refractivity contribution in [1.29, 1.82) is 0 Å². The van der Waals surface area contributed by atoms with E-state index >= 15 is 0 Å². The minimum absolute atomic E-state index is 0.213. The van der Waals surface area contributed by atoms with Gasteiger partial charge in [-0.2, -0.15) is 0 Å². The zero-order valence-electron chi connectivity index (χ0n) is 15.2. The molecule has 0 aliphatic rings. The van der Waals surface area contributed by atoms with Crippen LogP contribution >= 0.6 is 0 Å². The summed E-state index contributed by atoms with van der Waals surface area (Å²) >= 11 is 0. The minimum atomic E-state index is -1.02. The zero-order chi connectivity index (χ0) is 19.1. The number of carbonyl (C=O) groups is 2. The first-order chi connectivity index (χ1) is 13.1. The molecule has 27 heavy (non-hydrogen) atoms. The lowest BCUT2D eigenvalue weighted by Gasteiger charge is -2.14. The van der Waals surface area contributed by atoms with Gasteiger partial charge in [0.25, 0.3) is 0 Å². The number of nitrogens with one attached hydrogen (secondary N) is 2. The fourth-order valence-corrected chi connectivity index (χ4v) is 3.25. The van der Waals surface area contributed by atoms with Gasteiger partial charge in [0.15, 0.2) is 0 Å². The van der Waals surface area contributed by atoms with Crippen molar-refractivity contribution in [2.45, 2.75) is 38.1 Å². The molecule has 1 amide bonds. The van der Waals surface area contributed by atoms with Crippen molar-refractivity contribution in [2.75, 3.05) is 0 Å². The first kappa shape index (κ1) is 18.7. The Hall–Kier alpha value is -3.08. The second-order valence-electron chi connectivity index (χ2n) is 6.71. The van der Waals surface area contributed by atoms with Gasteiger partial charge in [0, 0.05) is 29.9 Å². The Morgan fingerprint density at radius 1 is 1.00 bits per heavy atom. The summed E-state index contributed by atoms with van der Waals surface area (Å²) in [5.41, 5.74) is 3.10. The number of unbranched alkanes of at least 4 members (excludes halogenated alkanes) is 1. The largest absolute Gasteiger partial charge is 0.480 e. The molecule has 0 bridgehead atoms. The molecule has 1 unspecified atom stereocenters. The van der Waals surface area contributed by atoms with Crippen LogP contribution < -0.4 is 5.32 Å². The monoisotopic (exact) mass is 364 g/mol. The fourth-order valence-electron chi connectivity index (χ4n) is 3.25. The van der Waals surface area contributed by atoms with Gasteiger partial charge >= 0.3 is 5.97 Å². The maximum absolute atomic E-state index is 12.2. The number of hydrogen-bond donors (Lipinski definition) is 3. The van der Waals surface area contributed by atoms with E-state index in [1.54, 1.807) is 0 Å². The van der Waals surface area contributed by atoms with Gasteiger partial charge in [0.1, 0.15) is 6.04 Å². The highest BCUT2D eigenvalue weighted by atomic mass is 16.4. The summed E-state index contributed by atoms with van der Waals surface area (Å²) in [6, 6.07) is 16.9. The van der Waals surface area contributed by atoms with Crippen molar-refractivity contribution in [3.05, 3.63) is 71.9 Å². The van der Waals surface area contributed by atoms with Crippen molar-refractivity contribution < 1.29 is 14.7 Å². The highest BCUT2D eigenvalue weighted by Gasteiger charge is 2.21. The molecule has 5 nitrogen and oxygen atoms in total. The van der Waals surface area contributed by atoms with Crippen LogP contribution in [0.25, 0.3) is 10.9 Å². The highest BCUT2D eigenvalue weighted by Crippen LogP contribution is 2.19. The number of carboxylic acids is 1. The van der Waals surface area contributed by atoms with Crippen LogP contribution in [-0.2, 0) is 22.4 Å². The number of carbonyl (C=O) groups excluding carboxylic acids is 1. The van der Waals surface area contributed by atoms with Gasteiger partial charge in [-0.3, -0.25) is 4.79 Å². The molecule has 5 heteroatoms. The molecule has 0 saturated heterocycles. The number of amides is 1. The van der Waals surface area contributed by atoms with E-state index in [1.807, 2.05) is 48.7 Å². The topological polar surface area (TPSA) is 82.2 Å². The molecule has 1 atom stereocenters. The first-order valence-electron chi connectivity index (χ1n) is 9.24. The van der Waals surface area contributed by atoms with Gasteiger partial charge in [-0.05, 0) is 36.5 Å². The Morgan fingerprint density at radius 3 is 2.52 bits per heavy atom. The molecular weight excluding hydrogens is 340 g/mol. The van der Waals surface area contributed by atoms with Gasteiger partial charge in [-0.1, -0.05) is 48.5 Å². The molecule has 0 aliphatic carbocycles. The lowest BCUT2D eigenvalue weighted by molar-refractivity contribution is -0.141. The maximum atomic E-state index is 12.2. The van der Waals surface area contributed by atoms with Crippen LogP contribution in [0.5, 0.6) is 0 Å². The third-order valence-corrected chi connectivity index (χ3v) is 4.69. The van der Waals surface area contributed by atoms with Crippen LogP contribution in [0.1, 0.15) is 30.4 Å². The third kappa shape index (κ3) is 5.20. The zero-order valence-corrected chi connectivity index (χ0v) is 15.2. The van der Waals surface area contributed by atoms with E-state index in [2.05, 4.69) is 22.4 Å². The van der Waals surface area contributed by atoms with Crippen LogP contribution in [0, 0.1) is 0 Å². The highest BCUT2D eigenvalue weighted by molar-refractivity contribution is 5.86. The summed E-state index contributed by atoms with van der Waals surface area (Å²) in [6.45, 7) is 0. The molecule has 0 fully saturated rings. The normalized spacial score (nSPS) is 12.0. The predicted octanol–water partition coefficient (Wildman–Crippen LogP) is 3.69. The van der Waals surface area contributed by atoms with Crippen LogP contribution in [0.2, 0.25) is 0 Å². The molecular formula is C22H24N2O3. The van der Waals surface area contributed by atoms with Crippen LogP contribution in [0.15, 0.2) is 60.8 Å². The van der Waals surface area contributed by atoms with Crippen molar-refractivity contribution in [3.63, 3.8) is 0 Å². The average Bonchev–Trinajstić information content (AvgIpc) is 3.08. The Bertz CT molecular complexity index is 902. The predicted molar refractivity (Wildman–Crippen MR) is 106 cm³/mol. The van der Waals surface area contributed by atoms with Crippen LogP contribution in [-0.4, -0.2) is 28.0 Å². The number of aryl methyl sites for hydroxylation is 1. The summed E-state index contributed by atoms with van der Waals surface area (Å²) in [7, 11) is 0. The SMILES string of the molecule is O=C(CCCCc1ccccc1)NC(Cc1c[nH]c2ccccc12)C(=O)O.